The molecule has 1 saturated heterocycles. The van der Waals surface area contributed by atoms with E-state index in [2.05, 4.69) is 0 Å². The first-order valence-corrected chi connectivity index (χ1v) is 9.02. The highest BCUT2D eigenvalue weighted by Gasteiger charge is 2.34. The molecule has 1 aromatic carbocycles. The maximum absolute atomic E-state index is 12.4. The van der Waals surface area contributed by atoms with E-state index in [-0.39, 0.29) is 32.2 Å². The van der Waals surface area contributed by atoms with Crippen LogP contribution in [-0.4, -0.2) is 50.2 Å². The third kappa shape index (κ3) is 7.48. The number of nitrogens with two attached hydrogens (primary N) is 1. The molecule has 0 radical (unpaired) electrons. The van der Waals surface area contributed by atoms with E-state index in [0.717, 1.165) is 5.56 Å². The molecule has 1 aliphatic heterocycles. The molecule has 0 spiro atoms. The summed E-state index contributed by atoms with van der Waals surface area (Å²) in [5.74, 6) is -0.793. The lowest BCUT2D eigenvalue weighted by atomic mass is 9.91. The number of rotatable bonds is 6. The fraction of sp³-hybridized carbons (Fsp3) is 0.632. The predicted octanol–water partition coefficient (Wildman–Crippen LogP) is 2.86. The van der Waals surface area contributed by atoms with Crippen molar-refractivity contribution < 1.29 is 32.2 Å². The van der Waals surface area contributed by atoms with Crippen LogP contribution in [0.15, 0.2) is 30.3 Å². The first-order chi connectivity index (χ1) is 12.8. The summed E-state index contributed by atoms with van der Waals surface area (Å²) < 4.78 is 53.8. The molecule has 0 unspecified atom stereocenters. The lowest BCUT2D eigenvalue weighted by molar-refractivity contribution is -0.161. The molecular formula is C19H26F3NO4. The fourth-order valence-corrected chi connectivity index (χ4v) is 3.09. The smallest absolute Gasteiger partial charge is 0.389 e. The maximum atomic E-state index is 12.4. The van der Waals surface area contributed by atoms with Crippen molar-refractivity contribution in [1.29, 1.82) is 0 Å². The van der Waals surface area contributed by atoms with E-state index >= 15 is 0 Å². The normalized spacial score (nSPS) is 27.4. The van der Waals surface area contributed by atoms with E-state index in [1.54, 1.807) is 6.92 Å². The quantitative estimate of drug-likeness (QED) is 0.598. The number of benzene rings is 1. The summed E-state index contributed by atoms with van der Waals surface area (Å²) in [6.07, 6.45) is -5.95. The number of alkyl halides is 3. The molecule has 152 valence electrons. The second kappa shape index (κ2) is 10.1. The van der Waals surface area contributed by atoms with Gasteiger partial charge in [0, 0.05) is 18.9 Å². The second-order valence-corrected chi connectivity index (χ2v) is 6.79. The van der Waals surface area contributed by atoms with E-state index in [9.17, 15) is 18.0 Å². The van der Waals surface area contributed by atoms with E-state index in [1.165, 1.54) is 0 Å². The van der Waals surface area contributed by atoms with Gasteiger partial charge >= 0.3 is 12.1 Å². The van der Waals surface area contributed by atoms with E-state index in [1.807, 2.05) is 30.3 Å². The molecule has 0 bridgehead atoms. The Morgan fingerprint density at radius 1 is 1.22 bits per heavy atom. The number of hydrogen-bond acceptors (Lipinski definition) is 5. The van der Waals surface area contributed by atoms with Crippen LogP contribution >= 0.6 is 0 Å². The standard InChI is InChI=1S/C19H26F3NO4/c1-13-17(26-9-5-8-19(20,21)22)15(10-14-6-3-2-4-7-14)11-25-12-16(23)18(24)27-13/h2-4,6-7,13,15-17H,5,8-12,23H2,1H3/t13-,15-,16-,17-/m0/s1. The van der Waals surface area contributed by atoms with Crippen LogP contribution in [-0.2, 0) is 25.4 Å². The van der Waals surface area contributed by atoms with Crippen LogP contribution < -0.4 is 5.73 Å². The highest BCUT2D eigenvalue weighted by molar-refractivity contribution is 5.75. The Morgan fingerprint density at radius 3 is 2.59 bits per heavy atom. The van der Waals surface area contributed by atoms with Gasteiger partial charge in [0.05, 0.1) is 19.3 Å². The van der Waals surface area contributed by atoms with Gasteiger partial charge in [0.1, 0.15) is 12.1 Å². The summed E-state index contributed by atoms with van der Waals surface area (Å²) in [7, 11) is 0. The molecule has 1 aliphatic rings. The number of hydrogen-bond donors (Lipinski definition) is 1. The predicted molar refractivity (Wildman–Crippen MR) is 93.0 cm³/mol. The van der Waals surface area contributed by atoms with Gasteiger partial charge < -0.3 is 19.9 Å². The van der Waals surface area contributed by atoms with Gasteiger partial charge in [-0.05, 0) is 25.3 Å². The number of carbonyl (C=O) groups is 1. The molecule has 2 N–H and O–H groups in total. The number of cyclic esters (lactones) is 1. The van der Waals surface area contributed by atoms with Crippen molar-refractivity contribution in [1.82, 2.24) is 0 Å². The van der Waals surface area contributed by atoms with Crippen molar-refractivity contribution >= 4 is 5.97 Å². The number of carbonyl (C=O) groups excluding carboxylic acids is 1. The van der Waals surface area contributed by atoms with E-state index in [0.29, 0.717) is 6.42 Å². The molecule has 0 amide bonds. The van der Waals surface area contributed by atoms with Crippen molar-refractivity contribution in [2.45, 2.75) is 50.6 Å². The Morgan fingerprint density at radius 2 is 1.93 bits per heavy atom. The van der Waals surface area contributed by atoms with Crippen LogP contribution in [0.1, 0.15) is 25.3 Å². The van der Waals surface area contributed by atoms with Crippen molar-refractivity contribution in [3.8, 4) is 0 Å². The Hall–Kier alpha value is -1.64. The van der Waals surface area contributed by atoms with Gasteiger partial charge in [0.15, 0.2) is 0 Å². The Bertz CT molecular complexity index is 582. The zero-order chi connectivity index (χ0) is 19.9. The molecule has 1 fully saturated rings. The summed E-state index contributed by atoms with van der Waals surface area (Å²) >= 11 is 0. The van der Waals surface area contributed by atoms with Crippen LogP contribution in [0.3, 0.4) is 0 Å². The van der Waals surface area contributed by atoms with Crippen LogP contribution in [0.2, 0.25) is 0 Å². The third-order valence-corrected chi connectivity index (χ3v) is 4.42. The third-order valence-electron chi connectivity index (χ3n) is 4.42. The molecular weight excluding hydrogens is 363 g/mol. The minimum Gasteiger partial charge on any atom is -0.459 e. The number of esters is 1. The van der Waals surface area contributed by atoms with Crippen LogP contribution in [0.4, 0.5) is 13.2 Å². The van der Waals surface area contributed by atoms with Crippen molar-refractivity contribution in [3.05, 3.63) is 35.9 Å². The Labute approximate surface area is 157 Å². The van der Waals surface area contributed by atoms with Gasteiger partial charge in [-0.15, -0.1) is 0 Å². The first kappa shape index (κ1) is 21.7. The van der Waals surface area contributed by atoms with Crippen LogP contribution in [0.5, 0.6) is 0 Å². The molecule has 5 nitrogen and oxygen atoms in total. The van der Waals surface area contributed by atoms with E-state index in [4.69, 9.17) is 19.9 Å². The zero-order valence-corrected chi connectivity index (χ0v) is 15.3. The van der Waals surface area contributed by atoms with Crippen molar-refractivity contribution in [2.24, 2.45) is 11.7 Å². The molecule has 1 aromatic rings. The van der Waals surface area contributed by atoms with Crippen molar-refractivity contribution in [3.63, 3.8) is 0 Å². The maximum Gasteiger partial charge on any atom is 0.389 e. The van der Waals surface area contributed by atoms with Gasteiger partial charge in [0.25, 0.3) is 0 Å². The lowest BCUT2D eigenvalue weighted by Gasteiger charge is -2.31. The van der Waals surface area contributed by atoms with Gasteiger partial charge in [0.2, 0.25) is 0 Å². The monoisotopic (exact) mass is 389 g/mol. The molecule has 0 aromatic heterocycles. The number of ether oxygens (including phenoxy) is 3. The van der Waals surface area contributed by atoms with Gasteiger partial charge in [-0.3, -0.25) is 4.79 Å². The topological polar surface area (TPSA) is 70.8 Å². The van der Waals surface area contributed by atoms with Crippen LogP contribution in [0.25, 0.3) is 0 Å². The highest BCUT2D eigenvalue weighted by Crippen LogP contribution is 2.25. The van der Waals surface area contributed by atoms with Gasteiger partial charge in [-0.2, -0.15) is 13.2 Å². The minimum atomic E-state index is -4.22. The number of halogens is 3. The average molecular weight is 389 g/mol. The highest BCUT2D eigenvalue weighted by atomic mass is 19.4. The average Bonchev–Trinajstić information content (AvgIpc) is 2.64. The summed E-state index contributed by atoms with van der Waals surface area (Å²) in [5, 5.41) is 0. The summed E-state index contributed by atoms with van der Waals surface area (Å²) in [5.41, 5.74) is 6.77. The van der Waals surface area contributed by atoms with Gasteiger partial charge in [-0.1, -0.05) is 30.3 Å². The zero-order valence-electron chi connectivity index (χ0n) is 15.3. The minimum absolute atomic E-state index is 0.0254. The Balaban J connectivity index is 2.09. The molecule has 1 heterocycles. The van der Waals surface area contributed by atoms with Gasteiger partial charge in [-0.25, -0.2) is 0 Å². The SMILES string of the molecule is C[C@@H]1OC(=O)[C@@H](N)COC[C@H](Cc2ccccc2)[C@H]1OCCCC(F)(F)F. The summed E-state index contributed by atoms with van der Waals surface area (Å²) in [6, 6.07) is 8.73. The van der Waals surface area contributed by atoms with Crippen LogP contribution in [0, 0.1) is 5.92 Å². The van der Waals surface area contributed by atoms with Crippen molar-refractivity contribution in [2.75, 3.05) is 19.8 Å². The second-order valence-electron chi connectivity index (χ2n) is 6.79. The fourth-order valence-electron chi connectivity index (χ4n) is 3.09. The molecule has 2 rings (SSSR count). The molecule has 0 saturated carbocycles. The lowest BCUT2D eigenvalue weighted by Crippen LogP contribution is -2.42. The molecule has 27 heavy (non-hydrogen) atoms. The largest absolute Gasteiger partial charge is 0.459 e. The molecule has 8 heteroatoms. The van der Waals surface area contributed by atoms with E-state index < -0.39 is 36.8 Å². The first-order valence-electron chi connectivity index (χ1n) is 9.02. The Kier molecular flexibility index (Phi) is 8.07. The summed E-state index contributed by atoms with van der Waals surface area (Å²) in [4.78, 5) is 12.0. The summed E-state index contributed by atoms with van der Waals surface area (Å²) in [6.45, 7) is 1.89. The molecule has 4 atom stereocenters. The molecule has 0 aliphatic carbocycles.